The minimum absolute atomic E-state index is 0.0152. The van der Waals surface area contributed by atoms with Gasteiger partial charge in [0.05, 0.1) is 19.7 Å². The molecule has 0 heterocycles. The van der Waals surface area contributed by atoms with Crippen molar-refractivity contribution in [2.45, 2.75) is 0 Å². The van der Waals surface area contributed by atoms with Crippen molar-refractivity contribution < 1.29 is 14.3 Å². The Morgan fingerprint density at radius 2 is 1.93 bits per heavy atom. The maximum atomic E-state index is 11.0. The lowest BCUT2D eigenvalue weighted by Crippen LogP contribution is -2.40. The van der Waals surface area contributed by atoms with E-state index in [2.05, 4.69) is 16.0 Å². The van der Waals surface area contributed by atoms with Crippen molar-refractivity contribution in [3.63, 3.8) is 0 Å². The third-order valence-electron chi connectivity index (χ3n) is 1.49. The molecule has 0 aromatic carbocycles. The van der Waals surface area contributed by atoms with Crippen molar-refractivity contribution in [2.24, 2.45) is 0 Å². The van der Waals surface area contributed by atoms with Gasteiger partial charge in [0.1, 0.15) is 0 Å². The van der Waals surface area contributed by atoms with E-state index >= 15 is 0 Å². The van der Waals surface area contributed by atoms with Crippen molar-refractivity contribution in [1.29, 1.82) is 0 Å². The first-order valence-corrected chi connectivity index (χ1v) is 4.37. The zero-order valence-corrected chi connectivity index (χ0v) is 8.55. The molecule has 0 fully saturated rings. The van der Waals surface area contributed by atoms with Gasteiger partial charge in [0.2, 0.25) is 11.8 Å². The molecule has 0 aromatic rings. The standard InChI is InChI=1S/C8H17N3O3/c1-9-7(12)6-11-8(13)5-10-3-4-14-2/h10H,3-6H2,1-2H3,(H,9,12)(H,11,13). The molecule has 0 radical (unpaired) electrons. The Morgan fingerprint density at radius 3 is 2.50 bits per heavy atom. The van der Waals surface area contributed by atoms with Gasteiger partial charge in [-0.3, -0.25) is 9.59 Å². The van der Waals surface area contributed by atoms with Crippen LogP contribution in [0, 0.1) is 0 Å². The largest absolute Gasteiger partial charge is 0.383 e. The first kappa shape index (κ1) is 12.9. The van der Waals surface area contributed by atoms with Gasteiger partial charge >= 0.3 is 0 Å². The molecule has 0 atom stereocenters. The van der Waals surface area contributed by atoms with Crippen LogP contribution in [0.2, 0.25) is 0 Å². The maximum absolute atomic E-state index is 11.0. The zero-order chi connectivity index (χ0) is 10.8. The number of rotatable bonds is 7. The zero-order valence-electron chi connectivity index (χ0n) is 8.55. The van der Waals surface area contributed by atoms with E-state index in [0.29, 0.717) is 13.2 Å². The second kappa shape index (κ2) is 8.46. The molecule has 0 unspecified atom stereocenters. The molecule has 0 aliphatic heterocycles. The molecule has 0 saturated heterocycles. The van der Waals surface area contributed by atoms with Crippen molar-refractivity contribution in [2.75, 3.05) is 40.4 Å². The lowest BCUT2D eigenvalue weighted by Gasteiger charge is -2.05. The molecule has 0 aromatic heterocycles. The topological polar surface area (TPSA) is 79.5 Å². The van der Waals surface area contributed by atoms with Gasteiger partial charge in [-0.05, 0) is 0 Å². The van der Waals surface area contributed by atoms with Crippen LogP contribution in [-0.2, 0) is 14.3 Å². The molecule has 3 N–H and O–H groups in total. The van der Waals surface area contributed by atoms with Crippen molar-refractivity contribution >= 4 is 11.8 Å². The fraction of sp³-hybridized carbons (Fsp3) is 0.750. The molecule has 6 heteroatoms. The first-order valence-electron chi connectivity index (χ1n) is 4.37. The SMILES string of the molecule is CNC(=O)CNC(=O)CNCCOC. The van der Waals surface area contributed by atoms with Crippen LogP contribution >= 0.6 is 0 Å². The number of nitrogens with one attached hydrogen (secondary N) is 3. The minimum Gasteiger partial charge on any atom is -0.383 e. The van der Waals surface area contributed by atoms with Crippen LogP contribution in [0.4, 0.5) is 0 Å². The molecule has 0 saturated carbocycles. The highest BCUT2D eigenvalue weighted by Crippen LogP contribution is 1.67. The van der Waals surface area contributed by atoms with Gasteiger partial charge in [-0.15, -0.1) is 0 Å². The summed E-state index contributed by atoms with van der Waals surface area (Å²) >= 11 is 0. The Kier molecular flexibility index (Phi) is 7.77. The van der Waals surface area contributed by atoms with Crippen LogP contribution in [0.1, 0.15) is 0 Å². The number of carbonyl (C=O) groups excluding carboxylic acids is 2. The number of hydrogen-bond donors (Lipinski definition) is 3. The molecule has 0 bridgehead atoms. The van der Waals surface area contributed by atoms with E-state index in [0.717, 1.165) is 0 Å². The van der Waals surface area contributed by atoms with E-state index in [1.807, 2.05) is 0 Å². The van der Waals surface area contributed by atoms with Crippen LogP contribution in [0.15, 0.2) is 0 Å². The van der Waals surface area contributed by atoms with Gasteiger partial charge < -0.3 is 20.7 Å². The van der Waals surface area contributed by atoms with E-state index in [9.17, 15) is 9.59 Å². The summed E-state index contributed by atoms with van der Waals surface area (Å²) in [5, 5.41) is 7.72. The smallest absolute Gasteiger partial charge is 0.239 e. The van der Waals surface area contributed by atoms with E-state index in [1.54, 1.807) is 7.11 Å². The molecule has 82 valence electrons. The summed E-state index contributed by atoms with van der Waals surface area (Å²) < 4.78 is 4.78. The van der Waals surface area contributed by atoms with E-state index in [-0.39, 0.29) is 24.9 Å². The average Bonchev–Trinajstić information content (AvgIpc) is 2.21. The quantitative estimate of drug-likeness (QED) is 0.422. The average molecular weight is 203 g/mol. The molecule has 2 amide bonds. The Balaban J connectivity index is 3.32. The normalized spacial score (nSPS) is 9.57. The van der Waals surface area contributed by atoms with Crippen molar-refractivity contribution in [1.82, 2.24) is 16.0 Å². The van der Waals surface area contributed by atoms with Crippen molar-refractivity contribution in [3.8, 4) is 0 Å². The van der Waals surface area contributed by atoms with Crippen molar-refractivity contribution in [3.05, 3.63) is 0 Å². The van der Waals surface area contributed by atoms with Gasteiger partial charge in [0, 0.05) is 20.7 Å². The minimum atomic E-state index is -0.213. The number of ether oxygens (including phenoxy) is 1. The Hall–Kier alpha value is -1.14. The summed E-state index contributed by atoms with van der Waals surface area (Å²) in [5.74, 6) is -0.417. The van der Waals surface area contributed by atoms with Crippen LogP contribution in [-0.4, -0.2) is 52.2 Å². The summed E-state index contributed by atoms with van der Waals surface area (Å²) in [6.45, 7) is 1.38. The van der Waals surface area contributed by atoms with Crippen LogP contribution < -0.4 is 16.0 Å². The predicted molar refractivity (Wildman–Crippen MR) is 51.8 cm³/mol. The van der Waals surface area contributed by atoms with Gasteiger partial charge in [-0.2, -0.15) is 0 Å². The highest BCUT2D eigenvalue weighted by Gasteiger charge is 2.02. The lowest BCUT2D eigenvalue weighted by atomic mass is 10.5. The van der Waals surface area contributed by atoms with Crippen LogP contribution in [0.5, 0.6) is 0 Å². The number of methoxy groups -OCH3 is 1. The van der Waals surface area contributed by atoms with Crippen LogP contribution in [0.3, 0.4) is 0 Å². The number of carbonyl (C=O) groups is 2. The number of hydrogen-bond acceptors (Lipinski definition) is 4. The van der Waals surface area contributed by atoms with E-state index in [4.69, 9.17) is 4.74 Å². The summed E-state index contributed by atoms with van der Waals surface area (Å²) in [7, 11) is 3.11. The number of amides is 2. The lowest BCUT2D eigenvalue weighted by molar-refractivity contribution is -0.125. The molecule has 0 rings (SSSR count). The third kappa shape index (κ3) is 7.51. The molecule has 0 spiro atoms. The molecular formula is C8H17N3O3. The molecule has 14 heavy (non-hydrogen) atoms. The Morgan fingerprint density at radius 1 is 1.21 bits per heavy atom. The van der Waals surface area contributed by atoms with Gasteiger partial charge in [-0.25, -0.2) is 0 Å². The fourth-order valence-electron chi connectivity index (χ4n) is 0.706. The van der Waals surface area contributed by atoms with Gasteiger partial charge in [0.15, 0.2) is 0 Å². The summed E-state index contributed by atoms with van der Waals surface area (Å²) in [6, 6.07) is 0. The van der Waals surface area contributed by atoms with Crippen LogP contribution in [0.25, 0.3) is 0 Å². The summed E-state index contributed by atoms with van der Waals surface area (Å²) in [4.78, 5) is 21.8. The second-order valence-electron chi connectivity index (χ2n) is 2.62. The highest BCUT2D eigenvalue weighted by molar-refractivity contribution is 5.85. The molecule has 0 aliphatic rings. The molecular weight excluding hydrogens is 186 g/mol. The first-order chi connectivity index (χ1) is 6.70. The number of likely N-dealkylation sites (N-methyl/N-ethyl adjacent to an activating group) is 1. The predicted octanol–water partition coefficient (Wildman–Crippen LogP) is -1.92. The molecule has 0 aliphatic carbocycles. The van der Waals surface area contributed by atoms with Gasteiger partial charge in [0.25, 0.3) is 0 Å². The summed E-state index contributed by atoms with van der Waals surface area (Å²) in [5.41, 5.74) is 0. The van der Waals surface area contributed by atoms with E-state index in [1.165, 1.54) is 7.05 Å². The maximum Gasteiger partial charge on any atom is 0.239 e. The second-order valence-corrected chi connectivity index (χ2v) is 2.62. The highest BCUT2D eigenvalue weighted by atomic mass is 16.5. The van der Waals surface area contributed by atoms with E-state index < -0.39 is 0 Å². The molecule has 6 nitrogen and oxygen atoms in total. The summed E-state index contributed by atoms with van der Waals surface area (Å²) in [6.07, 6.45) is 0. The Bertz CT molecular complexity index is 185. The van der Waals surface area contributed by atoms with Gasteiger partial charge in [-0.1, -0.05) is 0 Å². The monoisotopic (exact) mass is 203 g/mol. The fourth-order valence-corrected chi connectivity index (χ4v) is 0.706. The third-order valence-corrected chi connectivity index (χ3v) is 1.49. The Labute approximate surface area is 83.4 Å².